The van der Waals surface area contributed by atoms with E-state index in [-0.39, 0.29) is 6.04 Å². The van der Waals surface area contributed by atoms with E-state index in [1.54, 1.807) is 0 Å². The smallest absolute Gasteiger partial charge is 0.131 e. The standard InChI is InChI=1S/C13H18N4/c1-9-7-10(2)11(16-8-9)12(14-3)13-15-5-6-17(13)4/h5-8,12,14H,1-4H3. The Kier molecular flexibility index (Phi) is 3.24. The van der Waals surface area contributed by atoms with Gasteiger partial charge in [-0.15, -0.1) is 0 Å². The zero-order valence-electron chi connectivity index (χ0n) is 10.7. The topological polar surface area (TPSA) is 42.7 Å². The van der Waals surface area contributed by atoms with Gasteiger partial charge in [-0.2, -0.15) is 0 Å². The maximum Gasteiger partial charge on any atom is 0.131 e. The summed E-state index contributed by atoms with van der Waals surface area (Å²) in [6.45, 7) is 4.14. The summed E-state index contributed by atoms with van der Waals surface area (Å²) in [7, 11) is 3.93. The molecule has 17 heavy (non-hydrogen) atoms. The van der Waals surface area contributed by atoms with Crippen molar-refractivity contribution < 1.29 is 0 Å². The monoisotopic (exact) mass is 230 g/mol. The number of pyridine rings is 1. The van der Waals surface area contributed by atoms with Gasteiger partial charge in [0.25, 0.3) is 0 Å². The maximum atomic E-state index is 4.53. The molecule has 0 saturated heterocycles. The highest BCUT2D eigenvalue weighted by Crippen LogP contribution is 2.21. The van der Waals surface area contributed by atoms with E-state index < -0.39 is 0 Å². The van der Waals surface area contributed by atoms with Crippen LogP contribution in [0.2, 0.25) is 0 Å². The highest BCUT2D eigenvalue weighted by Gasteiger charge is 2.19. The summed E-state index contributed by atoms with van der Waals surface area (Å²) in [6.07, 6.45) is 5.65. The van der Waals surface area contributed by atoms with E-state index in [0.717, 1.165) is 11.5 Å². The first-order valence-electron chi connectivity index (χ1n) is 5.71. The Bertz CT molecular complexity index is 516. The average Bonchev–Trinajstić information content (AvgIpc) is 2.69. The summed E-state index contributed by atoms with van der Waals surface area (Å²) < 4.78 is 2.02. The third kappa shape index (κ3) is 2.22. The molecule has 0 aliphatic rings. The Morgan fingerprint density at radius 3 is 2.59 bits per heavy atom. The van der Waals surface area contributed by atoms with Crippen molar-refractivity contribution in [2.24, 2.45) is 7.05 Å². The van der Waals surface area contributed by atoms with Gasteiger partial charge in [-0.3, -0.25) is 4.98 Å². The Morgan fingerprint density at radius 2 is 2.06 bits per heavy atom. The fraction of sp³-hybridized carbons (Fsp3) is 0.385. The molecule has 2 rings (SSSR count). The van der Waals surface area contributed by atoms with Crippen LogP contribution in [0.25, 0.3) is 0 Å². The molecule has 2 aromatic rings. The van der Waals surface area contributed by atoms with Crippen LogP contribution in [-0.4, -0.2) is 21.6 Å². The Labute approximate surface area is 102 Å². The van der Waals surface area contributed by atoms with Crippen molar-refractivity contribution in [3.8, 4) is 0 Å². The van der Waals surface area contributed by atoms with E-state index in [1.165, 1.54) is 11.1 Å². The molecular formula is C13H18N4. The lowest BCUT2D eigenvalue weighted by Crippen LogP contribution is -2.23. The van der Waals surface area contributed by atoms with Crippen LogP contribution in [0.4, 0.5) is 0 Å². The molecule has 0 aromatic carbocycles. The number of aryl methyl sites for hydroxylation is 3. The highest BCUT2D eigenvalue weighted by molar-refractivity contribution is 5.29. The number of hydrogen-bond acceptors (Lipinski definition) is 3. The van der Waals surface area contributed by atoms with E-state index in [9.17, 15) is 0 Å². The van der Waals surface area contributed by atoms with Crippen molar-refractivity contribution >= 4 is 0 Å². The fourth-order valence-corrected chi connectivity index (χ4v) is 2.07. The van der Waals surface area contributed by atoms with Crippen molar-refractivity contribution in [3.05, 3.63) is 47.3 Å². The normalized spacial score (nSPS) is 12.7. The molecule has 0 amide bonds. The molecule has 1 atom stereocenters. The first-order valence-corrected chi connectivity index (χ1v) is 5.71. The van der Waals surface area contributed by atoms with Gasteiger partial charge < -0.3 is 9.88 Å². The molecule has 4 nitrogen and oxygen atoms in total. The molecule has 0 radical (unpaired) electrons. The minimum Gasteiger partial charge on any atom is -0.336 e. The molecule has 0 spiro atoms. The van der Waals surface area contributed by atoms with Gasteiger partial charge in [0.1, 0.15) is 11.9 Å². The van der Waals surface area contributed by atoms with E-state index in [1.807, 2.05) is 37.3 Å². The number of nitrogens with zero attached hydrogens (tertiary/aromatic N) is 3. The first kappa shape index (κ1) is 11.8. The average molecular weight is 230 g/mol. The summed E-state index contributed by atoms with van der Waals surface area (Å²) >= 11 is 0. The molecule has 0 bridgehead atoms. The maximum absolute atomic E-state index is 4.53. The molecule has 0 saturated carbocycles. The van der Waals surface area contributed by atoms with Gasteiger partial charge in [-0.1, -0.05) is 6.07 Å². The number of nitrogens with one attached hydrogen (secondary N) is 1. The van der Waals surface area contributed by atoms with Crippen LogP contribution in [0.3, 0.4) is 0 Å². The molecule has 90 valence electrons. The third-order valence-corrected chi connectivity index (χ3v) is 2.93. The van der Waals surface area contributed by atoms with Gasteiger partial charge in [0, 0.05) is 25.6 Å². The van der Waals surface area contributed by atoms with Crippen molar-refractivity contribution in [1.82, 2.24) is 19.9 Å². The van der Waals surface area contributed by atoms with Crippen LogP contribution in [0.5, 0.6) is 0 Å². The SMILES string of the molecule is CNC(c1ncc(C)cc1C)c1nccn1C. The predicted octanol–water partition coefficient (Wildman–Crippen LogP) is 1.74. The highest BCUT2D eigenvalue weighted by atomic mass is 15.1. The minimum absolute atomic E-state index is 0.0376. The van der Waals surface area contributed by atoms with Crippen LogP contribution in [0.1, 0.15) is 28.7 Å². The van der Waals surface area contributed by atoms with Gasteiger partial charge in [0.2, 0.25) is 0 Å². The van der Waals surface area contributed by atoms with Crippen LogP contribution in [0, 0.1) is 13.8 Å². The molecule has 0 fully saturated rings. The van der Waals surface area contributed by atoms with Crippen LogP contribution < -0.4 is 5.32 Å². The van der Waals surface area contributed by atoms with E-state index >= 15 is 0 Å². The third-order valence-electron chi connectivity index (χ3n) is 2.93. The summed E-state index contributed by atoms with van der Waals surface area (Å²) in [6, 6.07) is 2.19. The zero-order valence-corrected chi connectivity index (χ0v) is 10.7. The lowest BCUT2D eigenvalue weighted by molar-refractivity contribution is 0.599. The molecular weight excluding hydrogens is 212 g/mol. The van der Waals surface area contributed by atoms with E-state index in [0.29, 0.717) is 0 Å². The van der Waals surface area contributed by atoms with Crippen molar-refractivity contribution in [2.45, 2.75) is 19.9 Å². The van der Waals surface area contributed by atoms with Crippen LogP contribution in [-0.2, 0) is 7.05 Å². The molecule has 1 unspecified atom stereocenters. The van der Waals surface area contributed by atoms with Gasteiger partial charge >= 0.3 is 0 Å². The Hall–Kier alpha value is -1.68. The van der Waals surface area contributed by atoms with Gasteiger partial charge in [-0.25, -0.2) is 4.98 Å². The summed E-state index contributed by atoms with van der Waals surface area (Å²) in [5.41, 5.74) is 3.40. The molecule has 4 heteroatoms. The Balaban J connectivity index is 2.46. The molecule has 2 aromatic heterocycles. The number of hydrogen-bond donors (Lipinski definition) is 1. The lowest BCUT2D eigenvalue weighted by atomic mass is 10.1. The van der Waals surface area contributed by atoms with Gasteiger partial charge in [0.05, 0.1) is 5.69 Å². The first-order chi connectivity index (χ1) is 8.13. The van der Waals surface area contributed by atoms with Crippen LogP contribution >= 0.6 is 0 Å². The minimum atomic E-state index is 0.0376. The quantitative estimate of drug-likeness (QED) is 0.873. The largest absolute Gasteiger partial charge is 0.336 e. The molecule has 0 aliphatic carbocycles. The lowest BCUT2D eigenvalue weighted by Gasteiger charge is -2.17. The van der Waals surface area contributed by atoms with Crippen molar-refractivity contribution in [1.29, 1.82) is 0 Å². The van der Waals surface area contributed by atoms with Gasteiger partial charge in [-0.05, 0) is 32.0 Å². The second kappa shape index (κ2) is 4.67. The van der Waals surface area contributed by atoms with Crippen molar-refractivity contribution in [3.63, 3.8) is 0 Å². The predicted molar refractivity (Wildman–Crippen MR) is 67.8 cm³/mol. The molecule has 2 heterocycles. The number of imidazole rings is 1. The second-order valence-corrected chi connectivity index (χ2v) is 4.33. The molecule has 0 aliphatic heterocycles. The zero-order chi connectivity index (χ0) is 12.4. The van der Waals surface area contributed by atoms with Crippen molar-refractivity contribution in [2.75, 3.05) is 7.05 Å². The molecule has 1 N–H and O–H groups in total. The number of rotatable bonds is 3. The summed E-state index contributed by atoms with van der Waals surface area (Å²) in [5.74, 6) is 0.979. The fourth-order valence-electron chi connectivity index (χ4n) is 2.07. The summed E-state index contributed by atoms with van der Waals surface area (Å²) in [4.78, 5) is 8.92. The summed E-state index contributed by atoms with van der Waals surface area (Å²) in [5, 5.41) is 3.28. The van der Waals surface area contributed by atoms with Gasteiger partial charge in [0.15, 0.2) is 0 Å². The Morgan fingerprint density at radius 1 is 1.29 bits per heavy atom. The number of aromatic nitrogens is 3. The van der Waals surface area contributed by atoms with Crippen LogP contribution in [0.15, 0.2) is 24.7 Å². The second-order valence-electron chi connectivity index (χ2n) is 4.33. The van der Waals surface area contributed by atoms with E-state index in [2.05, 4.69) is 35.2 Å². The van der Waals surface area contributed by atoms with E-state index in [4.69, 9.17) is 0 Å².